The molecule has 1 amide bonds. The number of hydrogen-bond acceptors (Lipinski definition) is 7. The number of nitrogens with zero attached hydrogens (tertiary/aromatic N) is 5. The Hall–Kier alpha value is -3.20. The zero-order valence-electron chi connectivity index (χ0n) is 16.6. The predicted octanol–water partition coefficient (Wildman–Crippen LogP) is 2.19. The molecule has 0 spiro atoms. The van der Waals surface area contributed by atoms with Gasteiger partial charge in [0.15, 0.2) is 11.6 Å². The molecule has 1 aliphatic heterocycles. The third-order valence-corrected chi connectivity index (χ3v) is 5.08. The normalized spacial score (nSPS) is 15.5. The van der Waals surface area contributed by atoms with E-state index in [1.54, 1.807) is 12.4 Å². The van der Waals surface area contributed by atoms with Crippen LogP contribution >= 0.6 is 0 Å². The van der Waals surface area contributed by atoms with Crippen molar-refractivity contribution in [2.24, 2.45) is 0 Å². The van der Waals surface area contributed by atoms with Crippen LogP contribution in [-0.2, 0) is 4.79 Å². The molecule has 3 aromatic heterocycles. The quantitative estimate of drug-likeness (QED) is 0.681. The van der Waals surface area contributed by atoms with Crippen molar-refractivity contribution >= 4 is 23.2 Å². The summed E-state index contributed by atoms with van der Waals surface area (Å²) in [7, 11) is 0. The number of imidazole rings is 1. The van der Waals surface area contributed by atoms with Gasteiger partial charge in [-0.15, -0.1) is 0 Å². The lowest BCUT2D eigenvalue weighted by atomic mass is 10.1. The fourth-order valence-corrected chi connectivity index (χ4v) is 3.49. The monoisotopic (exact) mass is 395 g/mol. The molecule has 0 saturated carbocycles. The fraction of sp³-hybridized carbons (Fsp3) is 0.400. The lowest BCUT2D eigenvalue weighted by Crippen LogP contribution is -2.38. The van der Waals surface area contributed by atoms with Gasteiger partial charge < -0.3 is 25.1 Å². The molecule has 4 heterocycles. The van der Waals surface area contributed by atoms with E-state index in [9.17, 15) is 4.79 Å². The van der Waals surface area contributed by atoms with Crippen LogP contribution in [-0.4, -0.2) is 55.9 Å². The van der Waals surface area contributed by atoms with Crippen molar-refractivity contribution in [2.75, 3.05) is 30.7 Å². The SMILES string of the molecule is CCN1CCC(Oc2nc(-c3ccc4nc(NC(C)=O)cn4c3)cnc2N)CC1. The average Bonchev–Trinajstić information content (AvgIpc) is 3.11. The molecule has 0 aliphatic carbocycles. The van der Waals surface area contributed by atoms with Crippen LogP contribution in [0, 0.1) is 0 Å². The van der Waals surface area contributed by atoms with Gasteiger partial charge >= 0.3 is 0 Å². The van der Waals surface area contributed by atoms with Gasteiger partial charge in [0.05, 0.1) is 18.1 Å². The summed E-state index contributed by atoms with van der Waals surface area (Å²) in [6.45, 7) is 6.71. The molecule has 3 N–H and O–H groups in total. The third kappa shape index (κ3) is 4.29. The summed E-state index contributed by atoms with van der Waals surface area (Å²) in [5.41, 5.74) is 8.25. The van der Waals surface area contributed by atoms with E-state index in [1.807, 2.05) is 22.7 Å². The molecule has 0 bridgehead atoms. The van der Waals surface area contributed by atoms with Crippen LogP contribution in [0.15, 0.2) is 30.7 Å². The second kappa shape index (κ2) is 8.04. The van der Waals surface area contributed by atoms with Crippen molar-refractivity contribution in [2.45, 2.75) is 32.8 Å². The number of pyridine rings is 1. The molecular weight excluding hydrogens is 370 g/mol. The van der Waals surface area contributed by atoms with Crippen molar-refractivity contribution in [1.82, 2.24) is 24.3 Å². The van der Waals surface area contributed by atoms with E-state index in [0.717, 1.165) is 43.7 Å². The van der Waals surface area contributed by atoms with Crippen LogP contribution in [0.2, 0.25) is 0 Å². The molecule has 4 rings (SSSR count). The summed E-state index contributed by atoms with van der Waals surface area (Å²) >= 11 is 0. The highest BCUT2D eigenvalue weighted by molar-refractivity contribution is 5.87. The van der Waals surface area contributed by atoms with Gasteiger partial charge in [0.2, 0.25) is 5.91 Å². The number of nitrogens with one attached hydrogen (secondary N) is 1. The number of carbonyl (C=O) groups excluding carboxylic acids is 1. The van der Waals surface area contributed by atoms with Crippen molar-refractivity contribution in [3.8, 4) is 17.1 Å². The zero-order chi connectivity index (χ0) is 20.4. The first-order chi connectivity index (χ1) is 14.0. The third-order valence-electron chi connectivity index (χ3n) is 5.08. The number of amides is 1. The second-order valence-electron chi connectivity index (χ2n) is 7.19. The molecular formula is C20H25N7O2. The van der Waals surface area contributed by atoms with Crippen molar-refractivity contribution < 1.29 is 9.53 Å². The van der Waals surface area contributed by atoms with Gasteiger partial charge in [-0.2, -0.15) is 0 Å². The van der Waals surface area contributed by atoms with Crippen LogP contribution in [0.4, 0.5) is 11.6 Å². The number of hydrogen-bond donors (Lipinski definition) is 2. The minimum atomic E-state index is -0.162. The highest BCUT2D eigenvalue weighted by atomic mass is 16.5. The lowest BCUT2D eigenvalue weighted by Gasteiger charge is -2.31. The van der Waals surface area contributed by atoms with E-state index in [-0.39, 0.29) is 12.0 Å². The number of ether oxygens (including phenoxy) is 1. The standard InChI is InChI=1S/C20H25N7O2/c1-3-26-8-6-15(7-9-26)29-20-19(21)22-10-16(24-20)14-4-5-18-25-17(23-13(2)28)12-27(18)11-14/h4-5,10-12,15H,3,6-9H2,1-2H3,(H2,21,22)(H,23,28). The molecule has 152 valence electrons. The Kier molecular flexibility index (Phi) is 5.30. The molecule has 29 heavy (non-hydrogen) atoms. The minimum Gasteiger partial charge on any atom is -0.472 e. The second-order valence-corrected chi connectivity index (χ2v) is 7.19. The van der Waals surface area contributed by atoms with Crippen LogP contribution in [0.1, 0.15) is 26.7 Å². The van der Waals surface area contributed by atoms with Gasteiger partial charge in [-0.25, -0.2) is 15.0 Å². The van der Waals surface area contributed by atoms with Crippen LogP contribution < -0.4 is 15.8 Å². The molecule has 0 aromatic carbocycles. The Morgan fingerprint density at radius 1 is 1.28 bits per heavy atom. The number of rotatable bonds is 5. The first-order valence-electron chi connectivity index (χ1n) is 9.80. The van der Waals surface area contributed by atoms with Gasteiger partial charge in [0, 0.05) is 31.8 Å². The maximum atomic E-state index is 11.2. The van der Waals surface area contributed by atoms with Gasteiger partial charge in [-0.1, -0.05) is 6.92 Å². The van der Waals surface area contributed by atoms with Crippen LogP contribution in [0.3, 0.4) is 0 Å². The Bertz CT molecular complexity index is 1020. The smallest absolute Gasteiger partial charge is 0.258 e. The Morgan fingerprint density at radius 3 is 2.79 bits per heavy atom. The molecule has 9 heteroatoms. The van der Waals surface area contributed by atoms with Gasteiger partial charge in [-0.05, 0) is 31.5 Å². The minimum absolute atomic E-state index is 0.0981. The molecule has 1 fully saturated rings. The van der Waals surface area contributed by atoms with E-state index in [0.29, 0.717) is 23.2 Å². The Balaban J connectivity index is 1.55. The van der Waals surface area contributed by atoms with E-state index in [4.69, 9.17) is 10.5 Å². The summed E-state index contributed by atoms with van der Waals surface area (Å²) < 4.78 is 7.92. The van der Waals surface area contributed by atoms with Gasteiger partial charge in [0.25, 0.3) is 5.88 Å². The maximum Gasteiger partial charge on any atom is 0.258 e. The van der Waals surface area contributed by atoms with E-state index in [2.05, 4.69) is 32.1 Å². The number of anilines is 2. The summed E-state index contributed by atoms with van der Waals surface area (Å²) in [4.78, 5) is 26.9. The number of aromatic nitrogens is 4. The maximum absolute atomic E-state index is 11.2. The predicted molar refractivity (Wildman–Crippen MR) is 111 cm³/mol. The van der Waals surface area contributed by atoms with Crippen molar-refractivity contribution in [1.29, 1.82) is 0 Å². The van der Waals surface area contributed by atoms with Gasteiger partial charge in [-0.3, -0.25) is 4.79 Å². The topological polar surface area (TPSA) is 111 Å². The Morgan fingerprint density at radius 2 is 2.07 bits per heavy atom. The molecule has 9 nitrogen and oxygen atoms in total. The number of nitrogen functional groups attached to an aromatic ring is 1. The number of piperidine rings is 1. The highest BCUT2D eigenvalue weighted by Gasteiger charge is 2.21. The summed E-state index contributed by atoms with van der Waals surface area (Å²) in [5, 5.41) is 2.68. The van der Waals surface area contributed by atoms with E-state index < -0.39 is 0 Å². The molecule has 1 saturated heterocycles. The number of likely N-dealkylation sites (tertiary alicyclic amines) is 1. The van der Waals surface area contributed by atoms with Crippen molar-refractivity contribution in [3.63, 3.8) is 0 Å². The van der Waals surface area contributed by atoms with E-state index >= 15 is 0 Å². The zero-order valence-corrected chi connectivity index (χ0v) is 16.6. The molecule has 0 unspecified atom stereocenters. The highest BCUT2D eigenvalue weighted by Crippen LogP contribution is 2.26. The average molecular weight is 395 g/mol. The molecule has 1 aliphatic rings. The first-order valence-corrected chi connectivity index (χ1v) is 9.80. The molecule has 0 radical (unpaired) electrons. The first kappa shape index (κ1) is 19.1. The van der Waals surface area contributed by atoms with E-state index in [1.165, 1.54) is 6.92 Å². The summed E-state index contributed by atoms with van der Waals surface area (Å²) in [6, 6.07) is 3.77. The summed E-state index contributed by atoms with van der Waals surface area (Å²) in [5.74, 6) is 1.01. The number of nitrogens with two attached hydrogens (primary N) is 1. The Labute approximate surface area is 168 Å². The van der Waals surface area contributed by atoms with Crippen molar-refractivity contribution in [3.05, 3.63) is 30.7 Å². The number of fused-ring (bicyclic) bond motifs is 1. The van der Waals surface area contributed by atoms with Gasteiger partial charge in [0.1, 0.15) is 11.8 Å². The largest absolute Gasteiger partial charge is 0.472 e. The molecule has 3 aromatic rings. The summed E-state index contributed by atoms with van der Waals surface area (Å²) in [6.07, 6.45) is 7.27. The number of carbonyl (C=O) groups is 1. The molecule has 0 atom stereocenters. The van der Waals surface area contributed by atoms with Crippen LogP contribution in [0.25, 0.3) is 16.9 Å². The van der Waals surface area contributed by atoms with Crippen LogP contribution in [0.5, 0.6) is 5.88 Å². The fourth-order valence-electron chi connectivity index (χ4n) is 3.49. The lowest BCUT2D eigenvalue weighted by molar-refractivity contribution is -0.114.